The van der Waals surface area contributed by atoms with E-state index in [1.54, 1.807) is 0 Å². The van der Waals surface area contributed by atoms with Crippen LogP contribution < -0.4 is 5.01 Å². The first-order valence-electron chi connectivity index (χ1n) is 8.66. The fourth-order valence-corrected chi connectivity index (χ4v) is 3.85. The summed E-state index contributed by atoms with van der Waals surface area (Å²) in [5, 5.41) is 2.34. The molecule has 1 fully saturated rings. The van der Waals surface area contributed by atoms with Crippen LogP contribution >= 0.6 is 15.9 Å². The highest BCUT2D eigenvalue weighted by molar-refractivity contribution is 9.10. The lowest BCUT2D eigenvalue weighted by molar-refractivity contribution is 0.198. The van der Waals surface area contributed by atoms with Crippen LogP contribution in [0.3, 0.4) is 0 Å². The maximum absolute atomic E-state index is 3.51. The highest BCUT2D eigenvalue weighted by atomic mass is 79.9. The third-order valence-corrected chi connectivity index (χ3v) is 5.21. The van der Waals surface area contributed by atoms with Crippen molar-refractivity contribution in [2.24, 2.45) is 0 Å². The van der Waals surface area contributed by atoms with E-state index in [9.17, 15) is 0 Å². The molecule has 4 heteroatoms. The van der Waals surface area contributed by atoms with Crippen molar-refractivity contribution in [2.45, 2.75) is 6.04 Å². The summed E-state index contributed by atoms with van der Waals surface area (Å²) in [6, 6.07) is 23.9. The van der Waals surface area contributed by atoms with Crippen LogP contribution in [0.2, 0.25) is 0 Å². The average Bonchev–Trinajstić information content (AvgIpc) is 3.11. The minimum absolute atomic E-state index is 0.310. The molecule has 127 valence electrons. The Morgan fingerprint density at radius 2 is 1.36 bits per heavy atom. The molecule has 2 heterocycles. The van der Waals surface area contributed by atoms with Gasteiger partial charge < -0.3 is 5.01 Å². The molecule has 0 N–H and O–H groups in total. The van der Waals surface area contributed by atoms with Gasteiger partial charge in [0.2, 0.25) is 0 Å². The van der Waals surface area contributed by atoms with Gasteiger partial charge in [0.1, 0.15) is 0 Å². The van der Waals surface area contributed by atoms with Crippen LogP contribution in [0.25, 0.3) is 0 Å². The summed E-state index contributed by atoms with van der Waals surface area (Å²) < 4.78 is 3.14. The summed E-state index contributed by atoms with van der Waals surface area (Å²) in [5.74, 6) is 0. The topological polar surface area (TPSA) is 11.4 Å². The van der Waals surface area contributed by atoms with Crippen molar-refractivity contribution in [2.75, 3.05) is 31.2 Å². The molecule has 0 bridgehead atoms. The van der Waals surface area contributed by atoms with Gasteiger partial charge in [0.25, 0.3) is 0 Å². The molecule has 1 aromatic heterocycles. The normalized spacial score (nSPS) is 15.7. The summed E-state index contributed by atoms with van der Waals surface area (Å²) in [6.45, 7) is 4.04. The highest BCUT2D eigenvalue weighted by Gasteiger charge is 2.26. The molecule has 3 nitrogen and oxygen atoms in total. The predicted molar refractivity (Wildman–Crippen MR) is 105 cm³/mol. The van der Waals surface area contributed by atoms with E-state index in [-0.39, 0.29) is 0 Å². The van der Waals surface area contributed by atoms with Crippen molar-refractivity contribution in [1.29, 1.82) is 0 Å². The summed E-state index contributed by atoms with van der Waals surface area (Å²) in [5.41, 5.74) is 2.72. The SMILES string of the molecule is Brc1c[c]n(N2CCN(C(c3ccccc3)c3ccccc3)CC2)c1. The van der Waals surface area contributed by atoms with E-state index in [4.69, 9.17) is 0 Å². The Hall–Kier alpha value is -2.04. The zero-order valence-corrected chi connectivity index (χ0v) is 15.6. The first-order chi connectivity index (χ1) is 12.3. The summed E-state index contributed by atoms with van der Waals surface area (Å²) in [7, 11) is 0. The lowest BCUT2D eigenvalue weighted by Gasteiger charge is -2.40. The number of piperazine rings is 1. The Morgan fingerprint density at radius 3 is 1.84 bits per heavy atom. The van der Waals surface area contributed by atoms with Gasteiger partial charge in [0, 0.05) is 36.8 Å². The lowest BCUT2D eigenvalue weighted by Crippen LogP contribution is -2.51. The van der Waals surface area contributed by atoms with Crippen LogP contribution in [0, 0.1) is 6.20 Å². The van der Waals surface area contributed by atoms with Crippen molar-refractivity contribution in [3.8, 4) is 0 Å². The van der Waals surface area contributed by atoms with Gasteiger partial charge in [-0.3, -0.25) is 9.58 Å². The van der Waals surface area contributed by atoms with Gasteiger partial charge >= 0.3 is 0 Å². The third kappa shape index (κ3) is 3.65. The van der Waals surface area contributed by atoms with Gasteiger partial charge in [-0.2, -0.15) is 0 Å². The predicted octanol–water partition coefficient (Wildman–Crippen LogP) is 4.09. The van der Waals surface area contributed by atoms with Gasteiger partial charge in [-0.25, -0.2) is 0 Å². The van der Waals surface area contributed by atoms with E-state index in [0.717, 1.165) is 30.7 Å². The van der Waals surface area contributed by atoms with Crippen LogP contribution in [0.1, 0.15) is 17.2 Å². The van der Waals surface area contributed by atoms with E-state index in [0.29, 0.717) is 6.04 Å². The molecular weight excluding hydrogens is 374 g/mol. The number of halogens is 1. The van der Waals surface area contributed by atoms with Gasteiger partial charge in [-0.1, -0.05) is 60.7 Å². The van der Waals surface area contributed by atoms with Crippen molar-refractivity contribution < 1.29 is 0 Å². The molecule has 0 saturated carbocycles. The Balaban J connectivity index is 1.55. The van der Waals surface area contributed by atoms with Gasteiger partial charge in [-0.05, 0) is 33.1 Å². The van der Waals surface area contributed by atoms with Crippen molar-refractivity contribution in [1.82, 2.24) is 9.58 Å². The quantitative estimate of drug-likeness (QED) is 0.659. The molecule has 1 aliphatic heterocycles. The molecular formula is C21H21BrN3. The number of aromatic nitrogens is 1. The van der Waals surface area contributed by atoms with Crippen molar-refractivity contribution in [3.63, 3.8) is 0 Å². The average molecular weight is 395 g/mol. The van der Waals surface area contributed by atoms with Gasteiger partial charge in [-0.15, -0.1) is 0 Å². The van der Waals surface area contributed by atoms with Crippen LogP contribution in [0.5, 0.6) is 0 Å². The Morgan fingerprint density at radius 1 is 0.800 bits per heavy atom. The molecule has 2 aromatic carbocycles. The zero-order valence-electron chi connectivity index (χ0n) is 14.1. The number of nitrogens with zero attached hydrogens (tertiary/aromatic N) is 3. The minimum Gasteiger partial charge on any atom is -0.310 e. The molecule has 1 radical (unpaired) electrons. The second kappa shape index (κ2) is 7.46. The number of hydrogen-bond donors (Lipinski definition) is 0. The van der Waals surface area contributed by atoms with Crippen LogP contribution in [-0.4, -0.2) is 35.8 Å². The molecule has 0 aliphatic carbocycles. The molecule has 3 aromatic rings. The Labute approximate surface area is 157 Å². The fourth-order valence-electron chi connectivity index (χ4n) is 3.55. The Bertz CT molecular complexity index is 753. The second-order valence-electron chi connectivity index (χ2n) is 6.35. The van der Waals surface area contributed by atoms with Gasteiger partial charge in [0.15, 0.2) is 0 Å². The molecule has 1 aliphatic rings. The van der Waals surface area contributed by atoms with E-state index < -0.39 is 0 Å². The molecule has 1 saturated heterocycles. The first kappa shape index (κ1) is 16.4. The zero-order chi connectivity index (χ0) is 17.1. The lowest BCUT2D eigenvalue weighted by atomic mass is 9.96. The second-order valence-corrected chi connectivity index (χ2v) is 7.26. The molecule has 0 amide bonds. The smallest absolute Gasteiger partial charge is 0.0890 e. The summed E-state index contributed by atoms with van der Waals surface area (Å²) >= 11 is 3.51. The largest absolute Gasteiger partial charge is 0.310 e. The monoisotopic (exact) mass is 394 g/mol. The Kier molecular flexibility index (Phi) is 4.90. The highest BCUT2D eigenvalue weighted by Crippen LogP contribution is 2.29. The number of hydrogen-bond acceptors (Lipinski definition) is 2. The molecule has 0 atom stereocenters. The van der Waals surface area contributed by atoms with Crippen molar-refractivity contribution >= 4 is 15.9 Å². The molecule has 0 spiro atoms. The first-order valence-corrected chi connectivity index (χ1v) is 9.45. The molecule has 0 unspecified atom stereocenters. The number of rotatable bonds is 4. The van der Waals surface area contributed by atoms with Gasteiger partial charge in [0.05, 0.1) is 12.2 Å². The summed E-state index contributed by atoms with van der Waals surface area (Å²) in [4.78, 5) is 2.58. The van der Waals surface area contributed by atoms with Crippen LogP contribution in [0.15, 0.2) is 77.4 Å². The third-order valence-electron chi connectivity index (χ3n) is 4.77. The standard InChI is InChI=1S/C21H21BrN3/c22-20-11-12-25(17-20)24-15-13-23(14-16-24)21(18-7-3-1-4-8-18)19-9-5-2-6-10-19/h1-11,17,21H,13-16H2. The van der Waals surface area contributed by atoms with Crippen LogP contribution in [-0.2, 0) is 0 Å². The molecule has 4 rings (SSSR count). The van der Waals surface area contributed by atoms with Crippen molar-refractivity contribution in [3.05, 3.63) is 94.7 Å². The van der Waals surface area contributed by atoms with E-state index in [1.807, 2.05) is 6.07 Å². The van der Waals surface area contributed by atoms with E-state index >= 15 is 0 Å². The van der Waals surface area contributed by atoms with Crippen LogP contribution in [0.4, 0.5) is 0 Å². The maximum atomic E-state index is 3.51. The number of benzene rings is 2. The summed E-state index contributed by atoms with van der Waals surface area (Å²) in [6.07, 6.45) is 5.33. The van der Waals surface area contributed by atoms with E-state index in [1.165, 1.54) is 11.1 Å². The van der Waals surface area contributed by atoms with E-state index in [2.05, 4.69) is 104 Å². The fraction of sp³-hybridized carbons (Fsp3) is 0.238. The molecule has 25 heavy (non-hydrogen) atoms. The minimum atomic E-state index is 0.310. The maximum Gasteiger partial charge on any atom is 0.0890 e.